The summed E-state index contributed by atoms with van der Waals surface area (Å²) in [5, 5.41) is 18.2. The highest BCUT2D eigenvalue weighted by Gasteiger charge is 2.57. The number of carbonyl (C=O) groups excluding carboxylic acids is 4. The Morgan fingerprint density at radius 1 is 0.841 bits per heavy atom. The fraction of sp³-hybridized carbons (Fsp3) is 0.536. The van der Waals surface area contributed by atoms with Crippen LogP contribution in [0.1, 0.15) is 87.7 Å². The number of amides is 2. The third-order valence-electron chi connectivity index (χ3n) is 15.8. The van der Waals surface area contributed by atoms with E-state index in [2.05, 4.69) is 41.6 Å². The van der Waals surface area contributed by atoms with E-state index >= 15 is 8.78 Å². The molecule has 3 N–H and O–H groups in total. The van der Waals surface area contributed by atoms with Crippen molar-refractivity contribution in [2.24, 2.45) is 22.7 Å². The number of nitrogens with one attached hydrogen (secondary N) is 2. The number of nitrogens with zero attached hydrogens (tertiary/aromatic N) is 6. The Morgan fingerprint density at radius 2 is 1.46 bits per heavy atom. The standard InChI is InChI=1S/C56H64F10N8O8/c1-31-16-47(71-25-38-14-15-39(26-71)74(38)40-29-82-30-40)67-22-34(31)13-12-32-8-10-33(11-9-32)17-36(20-45(75)49(69-52(79)81-7)54(4,5)56(64,65)66)46(76)28-72(70-50(78)42(21-48(77)80-6)53(2,3)55(61,62)63)27-41-43(57)18-35(19-44(41)58)37-23-68-73(24-37)51(59)60/h8-11,16,18-19,22-24,36,38-40,42,46,49,51,76H,14-15,17,20-21,25-30H2,1-7H3,(H,69,79)(H,70,78)/t36-,38?,39?,42-,46+,49-/m1/s1. The Kier molecular flexibility index (Phi) is 19.4. The lowest BCUT2D eigenvalue weighted by molar-refractivity contribution is -0.231. The molecule has 2 aromatic carbocycles. The average Bonchev–Trinajstić information content (AvgIpc) is 3.17. The van der Waals surface area contributed by atoms with Gasteiger partial charge in [0.1, 0.15) is 23.5 Å². The Balaban J connectivity index is 1.19. The topological polar surface area (TPSA) is 181 Å². The number of Topliss-reactive ketones (excluding diaryl/α,β-unsaturated/α-hetero) is 1. The molecule has 0 saturated carbocycles. The van der Waals surface area contributed by atoms with Crippen LogP contribution in [-0.4, -0.2) is 143 Å². The number of pyridine rings is 1. The van der Waals surface area contributed by atoms with Crippen LogP contribution in [0.2, 0.25) is 0 Å². The number of hydrazine groups is 1. The number of methoxy groups -OCH3 is 2. The van der Waals surface area contributed by atoms with Crippen LogP contribution in [-0.2, 0) is 41.6 Å². The summed E-state index contributed by atoms with van der Waals surface area (Å²) >= 11 is 0. The number of alkyl halides is 8. The highest BCUT2D eigenvalue weighted by molar-refractivity contribution is 5.88. The predicted octanol–water partition coefficient (Wildman–Crippen LogP) is 8.47. The molecule has 3 aliphatic heterocycles. The van der Waals surface area contributed by atoms with Crippen LogP contribution >= 0.6 is 0 Å². The van der Waals surface area contributed by atoms with Crippen LogP contribution in [0.5, 0.6) is 0 Å². The molecule has 0 aliphatic carbocycles. The van der Waals surface area contributed by atoms with Gasteiger partial charge in [-0.05, 0) is 93.0 Å². The van der Waals surface area contributed by atoms with Gasteiger partial charge in [-0.25, -0.2) is 28.3 Å². The van der Waals surface area contributed by atoms with Crippen LogP contribution in [0.3, 0.4) is 0 Å². The van der Waals surface area contributed by atoms with Gasteiger partial charge in [-0.3, -0.25) is 24.7 Å². The maximum absolute atomic E-state index is 16.1. The minimum Gasteiger partial charge on any atom is -0.469 e. The molecule has 3 saturated heterocycles. The molecule has 7 rings (SSSR count). The Bertz CT molecular complexity index is 2980. The minimum atomic E-state index is -5.16. The van der Waals surface area contributed by atoms with Crippen LogP contribution < -0.4 is 15.6 Å². The fourth-order valence-electron chi connectivity index (χ4n) is 10.4. The Hall–Kier alpha value is -6.82. The number of hydrogen-bond donors (Lipinski definition) is 3. The van der Waals surface area contributed by atoms with E-state index < -0.39 is 121 Å². The van der Waals surface area contributed by atoms with Gasteiger partial charge < -0.3 is 29.5 Å². The summed E-state index contributed by atoms with van der Waals surface area (Å²) in [6.07, 6.45) is -10.6. The van der Waals surface area contributed by atoms with E-state index in [4.69, 9.17) is 9.72 Å². The number of ether oxygens (including phenoxy) is 3. The zero-order valence-electron chi connectivity index (χ0n) is 45.9. The molecule has 2 bridgehead atoms. The number of hydrogen-bond acceptors (Lipinski definition) is 13. The van der Waals surface area contributed by atoms with Crippen molar-refractivity contribution in [2.45, 2.75) is 122 Å². The third-order valence-corrected chi connectivity index (χ3v) is 15.8. The van der Waals surface area contributed by atoms with Gasteiger partial charge >= 0.3 is 31.0 Å². The molecular weight excluding hydrogens is 1100 g/mol. The lowest BCUT2D eigenvalue weighted by Gasteiger charge is -2.48. The molecule has 82 heavy (non-hydrogen) atoms. The number of aliphatic hydroxyl groups is 1. The van der Waals surface area contributed by atoms with Crippen molar-refractivity contribution in [3.05, 3.63) is 101 Å². The zero-order valence-corrected chi connectivity index (χ0v) is 45.9. The number of benzene rings is 2. The molecule has 3 aliphatic rings. The number of fused-ring (bicyclic) bond motifs is 2. The number of alkyl carbamates (subject to hydrolysis) is 1. The second-order valence-corrected chi connectivity index (χ2v) is 22.0. The number of aryl methyl sites for hydroxylation is 1. The molecule has 446 valence electrons. The van der Waals surface area contributed by atoms with E-state index in [9.17, 15) is 59.4 Å². The van der Waals surface area contributed by atoms with E-state index in [0.29, 0.717) is 79.7 Å². The number of esters is 1. The number of aromatic nitrogens is 3. The third kappa shape index (κ3) is 14.3. The maximum atomic E-state index is 16.1. The molecule has 4 aromatic rings. The summed E-state index contributed by atoms with van der Waals surface area (Å²) in [5.41, 5.74) is -2.81. The van der Waals surface area contributed by atoms with Crippen molar-refractivity contribution in [3.8, 4) is 23.0 Å². The van der Waals surface area contributed by atoms with Gasteiger partial charge in [-0.2, -0.15) is 40.2 Å². The summed E-state index contributed by atoms with van der Waals surface area (Å²) in [4.78, 5) is 62.9. The first kappa shape index (κ1) is 62.8. The highest BCUT2D eigenvalue weighted by Crippen LogP contribution is 2.46. The van der Waals surface area contributed by atoms with Crippen LogP contribution in [0, 0.1) is 53.1 Å². The van der Waals surface area contributed by atoms with E-state index in [0.717, 1.165) is 77.1 Å². The number of ketones is 1. The van der Waals surface area contributed by atoms with Gasteiger partial charge in [0.25, 0.3) is 0 Å². The zero-order chi connectivity index (χ0) is 60.2. The van der Waals surface area contributed by atoms with Crippen molar-refractivity contribution >= 4 is 29.6 Å². The quantitative estimate of drug-likeness (QED) is 0.0313. The van der Waals surface area contributed by atoms with Gasteiger partial charge in [0, 0.05) is 79.3 Å². The number of rotatable bonds is 21. The van der Waals surface area contributed by atoms with Crippen LogP contribution in [0.4, 0.5) is 54.5 Å². The van der Waals surface area contributed by atoms with Crippen LogP contribution in [0.25, 0.3) is 11.1 Å². The summed E-state index contributed by atoms with van der Waals surface area (Å²) in [7, 11) is 1.70. The molecule has 3 fully saturated rings. The average molecular weight is 1170 g/mol. The van der Waals surface area contributed by atoms with Crippen molar-refractivity contribution in [2.75, 3.05) is 52.0 Å². The van der Waals surface area contributed by atoms with E-state index in [1.165, 1.54) is 0 Å². The van der Waals surface area contributed by atoms with E-state index in [1.807, 2.05) is 18.3 Å². The SMILES string of the molecule is COC(=O)C[C@H](C(=O)NN(Cc1c(F)cc(-c2cnn(C(F)F)c2)cc1F)C[C@H](O)[C@@H](CC(=O)[C@@H](NC(=O)OC)C(C)(C)C(F)(F)F)Cc1ccc(C#Cc2cnc(N3CC4CCC(C3)N4C3COC3)cc2C)cc1)C(C)(C)C(F)(F)F. The molecular formula is C56H64F10N8O8. The molecule has 6 atom stereocenters. The second-order valence-electron chi connectivity index (χ2n) is 22.0. The highest BCUT2D eigenvalue weighted by atomic mass is 19.4. The lowest BCUT2D eigenvalue weighted by atomic mass is 9.75. The van der Waals surface area contributed by atoms with E-state index in [-0.39, 0.29) is 22.2 Å². The molecule has 16 nitrogen and oxygen atoms in total. The molecule has 0 spiro atoms. The molecule has 0 radical (unpaired) electrons. The number of anilines is 1. The first-order valence-electron chi connectivity index (χ1n) is 26.2. The second kappa shape index (κ2) is 25.4. The maximum Gasteiger partial charge on any atom is 0.407 e. The largest absolute Gasteiger partial charge is 0.469 e. The smallest absolute Gasteiger partial charge is 0.407 e. The summed E-state index contributed by atoms with van der Waals surface area (Å²) in [6, 6.07) is 8.62. The molecule has 26 heteroatoms. The number of piperazine rings is 1. The minimum absolute atomic E-state index is 0.157. The number of halogens is 10. The Labute approximate surface area is 466 Å². The van der Waals surface area contributed by atoms with Crippen molar-refractivity contribution < 1.29 is 82.4 Å². The van der Waals surface area contributed by atoms with Crippen molar-refractivity contribution in [3.63, 3.8) is 0 Å². The first-order chi connectivity index (χ1) is 38.4. The normalized spacial score (nSPS) is 18.5. The molecule has 5 heterocycles. The van der Waals surface area contributed by atoms with Gasteiger partial charge in [0.2, 0.25) is 5.91 Å². The molecule has 2 aromatic heterocycles. The first-order valence-corrected chi connectivity index (χ1v) is 26.2. The van der Waals surface area contributed by atoms with Gasteiger partial charge in [-0.15, -0.1) is 0 Å². The molecule has 2 unspecified atom stereocenters. The van der Waals surface area contributed by atoms with Crippen molar-refractivity contribution in [1.29, 1.82) is 0 Å². The summed E-state index contributed by atoms with van der Waals surface area (Å²) in [6.45, 7) is 2.38. The van der Waals surface area contributed by atoms with Crippen molar-refractivity contribution in [1.82, 2.24) is 35.4 Å². The number of aliphatic hydroxyl groups excluding tert-OH is 1. The molecule has 2 amide bonds. The lowest BCUT2D eigenvalue weighted by Crippen LogP contribution is -2.62. The van der Waals surface area contributed by atoms with Gasteiger partial charge in [0.15, 0.2) is 5.78 Å². The predicted molar refractivity (Wildman–Crippen MR) is 276 cm³/mol. The summed E-state index contributed by atoms with van der Waals surface area (Å²) < 4.78 is 161. The van der Waals surface area contributed by atoms with E-state index in [1.54, 1.807) is 30.5 Å². The van der Waals surface area contributed by atoms with Gasteiger partial charge in [0.05, 0.1) is 68.9 Å². The van der Waals surface area contributed by atoms with Crippen LogP contribution in [0.15, 0.2) is 61.1 Å². The number of carbonyl (C=O) groups is 4. The van der Waals surface area contributed by atoms with Gasteiger partial charge in [-0.1, -0.05) is 37.8 Å². The monoisotopic (exact) mass is 1170 g/mol. The summed E-state index contributed by atoms with van der Waals surface area (Å²) in [5.74, 6) is -3.62. The Morgan fingerprint density at radius 3 is 1.99 bits per heavy atom. The fourth-order valence-corrected chi connectivity index (χ4v) is 10.4.